The molecule has 1 aliphatic heterocycles. The van der Waals surface area contributed by atoms with Crippen molar-refractivity contribution in [1.82, 2.24) is 4.72 Å². The predicted octanol–water partition coefficient (Wildman–Crippen LogP) is 4.69. The Morgan fingerprint density at radius 3 is 2.75 bits per heavy atom. The van der Waals surface area contributed by atoms with Crippen LogP contribution in [0.25, 0.3) is 6.08 Å². The summed E-state index contributed by atoms with van der Waals surface area (Å²) in [4.78, 5) is 14.5. The molecule has 5 nitrogen and oxygen atoms in total. The summed E-state index contributed by atoms with van der Waals surface area (Å²) in [7, 11) is -3.83. The van der Waals surface area contributed by atoms with E-state index < -0.39 is 27.8 Å². The third kappa shape index (κ3) is 5.01. The van der Waals surface area contributed by atoms with Gasteiger partial charge < -0.3 is 4.90 Å². The van der Waals surface area contributed by atoms with Crippen LogP contribution in [0.5, 0.6) is 0 Å². The molecule has 3 rings (SSSR count). The van der Waals surface area contributed by atoms with Gasteiger partial charge in [-0.3, -0.25) is 4.79 Å². The zero-order valence-corrected chi connectivity index (χ0v) is 18.7. The number of benzene rings is 1. The van der Waals surface area contributed by atoms with Gasteiger partial charge in [0.25, 0.3) is 0 Å². The highest BCUT2D eigenvalue weighted by Gasteiger charge is 2.35. The van der Waals surface area contributed by atoms with E-state index in [1.807, 2.05) is 6.92 Å². The monoisotopic (exact) mass is 506 g/mol. The van der Waals surface area contributed by atoms with E-state index in [4.69, 9.17) is 11.6 Å². The molecule has 1 aromatic carbocycles. The van der Waals surface area contributed by atoms with Gasteiger partial charge in [-0.05, 0) is 49.2 Å². The molecule has 0 aliphatic carbocycles. The molecule has 10 heteroatoms. The molecule has 0 saturated carbocycles. The summed E-state index contributed by atoms with van der Waals surface area (Å²) in [5, 5.41) is 0.998. The van der Waals surface area contributed by atoms with Crippen LogP contribution in [0.15, 0.2) is 35.7 Å². The minimum atomic E-state index is -3.83. The SMILES string of the molecule is CC(Br)c1ccc(N2CC[C@H](NS(=O)(=O)C=Cc3ccc(Cl)s3)C2=O)c(F)c1. The standard InChI is InChI=1S/C18H17BrClFN2O3S2/c1-11(19)12-2-4-16(14(21)10-12)23-8-6-15(18(23)24)22-28(25,26)9-7-13-3-5-17(20)27-13/h2-5,7,9-11,15,22H,6,8H2,1H3/t11?,15-/m0/s1. The molecule has 0 spiro atoms. The molecule has 1 amide bonds. The van der Waals surface area contributed by atoms with Crippen LogP contribution in [0.2, 0.25) is 4.34 Å². The average Bonchev–Trinajstić information content (AvgIpc) is 3.19. The topological polar surface area (TPSA) is 66.5 Å². The predicted molar refractivity (Wildman–Crippen MR) is 115 cm³/mol. The first kappa shape index (κ1) is 21.4. The summed E-state index contributed by atoms with van der Waals surface area (Å²) in [6, 6.07) is 7.07. The molecule has 2 heterocycles. The van der Waals surface area contributed by atoms with Gasteiger partial charge in [-0.25, -0.2) is 12.8 Å². The van der Waals surface area contributed by atoms with Crippen LogP contribution in [0.1, 0.15) is 28.6 Å². The van der Waals surface area contributed by atoms with E-state index in [1.54, 1.807) is 18.2 Å². The number of amides is 1. The number of sulfonamides is 1. The van der Waals surface area contributed by atoms with E-state index in [0.29, 0.717) is 9.21 Å². The number of carbonyl (C=O) groups is 1. The summed E-state index contributed by atoms with van der Waals surface area (Å²) in [6.07, 6.45) is 1.67. The fourth-order valence-corrected chi connectivity index (χ4v) is 5.18. The number of alkyl halides is 1. The minimum absolute atomic E-state index is 0.0186. The van der Waals surface area contributed by atoms with Crippen molar-refractivity contribution in [2.24, 2.45) is 0 Å². The Kier molecular flexibility index (Phi) is 6.61. The Balaban J connectivity index is 1.71. The number of hydrogen-bond donors (Lipinski definition) is 1. The number of rotatable bonds is 6. The maximum absolute atomic E-state index is 14.4. The lowest BCUT2D eigenvalue weighted by Crippen LogP contribution is -2.40. The van der Waals surface area contributed by atoms with Gasteiger partial charge in [-0.2, -0.15) is 4.72 Å². The Labute approximate surface area is 180 Å². The molecule has 1 aromatic heterocycles. The van der Waals surface area contributed by atoms with Gasteiger partial charge in [-0.15, -0.1) is 11.3 Å². The lowest BCUT2D eigenvalue weighted by molar-refractivity contribution is -0.118. The second-order valence-electron chi connectivity index (χ2n) is 6.27. The summed E-state index contributed by atoms with van der Waals surface area (Å²) in [5.74, 6) is -0.996. The first-order valence-electron chi connectivity index (χ1n) is 8.37. The zero-order chi connectivity index (χ0) is 20.5. The fourth-order valence-electron chi connectivity index (χ4n) is 2.83. The van der Waals surface area contributed by atoms with Crippen LogP contribution in [0.3, 0.4) is 0 Å². The molecule has 1 saturated heterocycles. The van der Waals surface area contributed by atoms with Crippen LogP contribution < -0.4 is 9.62 Å². The van der Waals surface area contributed by atoms with Crippen molar-refractivity contribution in [3.05, 3.63) is 56.3 Å². The Morgan fingerprint density at radius 2 is 2.14 bits per heavy atom. The van der Waals surface area contributed by atoms with Crippen LogP contribution in [0.4, 0.5) is 10.1 Å². The Morgan fingerprint density at radius 1 is 1.39 bits per heavy atom. The lowest BCUT2D eigenvalue weighted by Gasteiger charge is -2.18. The molecule has 2 atom stereocenters. The molecule has 1 N–H and O–H groups in total. The second kappa shape index (κ2) is 8.62. The van der Waals surface area contributed by atoms with E-state index in [2.05, 4.69) is 20.7 Å². The van der Waals surface area contributed by atoms with Gasteiger partial charge in [-0.1, -0.05) is 33.6 Å². The second-order valence-corrected chi connectivity index (χ2v) is 11.0. The lowest BCUT2D eigenvalue weighted by atomic mass is 10.1. The Hall–Kier alpha value is -1.26. The van der Waals surface area contributed by atoms with Crippen molar-refractivity contribution >= 4 is 66.6 Å². The summed E-state index contributed by atoms with van der Waals surface area (Å²) in [6.45, 7) is 2.11. The Bertz CT molecular complexity index is 1020. The molecule has 0 bridgehead atoms. The van der Waals surface area contributed by atoms with E-state index >= 15 is 0 Å². The van der Waals surface area contributed by atoms with E-state index in [0.717, 1.165) is 11.0 Å². The highest BCUT2D eigenvalue weighted by Crippen LogP contribution is 2.30. The van der Waals surface area contributed by atoms with Crippen molar-refractivity contribution in [2.75, 3.05) is 11.4 Å². The molecule has 150 valence electrons. The van der Waals surface area contributed by atoms with Crippen molar-refractivity contribution < 1.29 is 17.6 Å². The van der Waals surface area contributed by atoms with Gasteiger partial charge >= 0.3 is 0 Å². The van der Waals surface area contributed by atoms with Crippen molar-refractivity contribution in [2.45, 2.75) is 24.2 Å². The number of anilines is 1. The number of nitrogens with zero attached hydrogens (tertiary/aromatic N) is 1. The average molecular weight is 508 g/mol. The third-order valence-electron chi connectivity index (χ3n) is 4.24. The number of halogens is 3. The summed E-state index contributed by atoms with van der Waals surface area (Å²) in [5.41, 5.74) is 0.899. The summed E-state index contributed by atoms with van der Waals surface area (Å²) < 4.78 is 41.9. The van der Waals surface area contributed by atoms with E-state index in [9.17, 15) is 17.6 Å². The first-order valence-corrected chi connectivity index (χ1v) is 12.0. The number of nitrogens with one attached hydrogen (secondary N) is 1. The highest BCUT2D eigenvalue weighted by atomic mass is 79.9. The molecule has 0 radical (unpaired) electrons. The third-order valence-corrected chi connectivity index (χ3v) is 7.07. The molecular weight excluding hydrogens is 491 g/mol. The van der Waals surface area contributed by atoms with Gasteiger partial charge in [0.1, 0.15) is 11.9 Å². The maximum atomic E-state index is 14.4. The van der Waals surface area contributed by atoms with Gasteiger partial charge in [0.2, 0.25) is 15.9 Å². The van der Waals surface area contributed by atoms with Crippen molar-refractivity contribution in [3.8, 4) is 0 Å². The minimum Gasteiger partial charge on any atom is -0.308 e. The number of hydrogen-bond acceptors (Lipinski definition) is 4. The van der Waals surface area contributed by atoms with Crippen LogP contribution in [-0.2, 0) is 14.8 Å². The highest BCUT2D eigenvalue weighted by molar-refractivity contribution is 9.09. The maximum Gasteiger partial charge on any atom is 0.245 e. The summed E-state index contributed by atoms with van der Waals surface area (Å²) >= 11 is 10.4. The molecule has 1 fully saturated rings. The van der Waals surface area contributed by atoms with Crippen LogP contribution in [-0.4, -0.2) is 26.9 Å². The first-order chi connectivity index (χ1) is 13.2. The van der Waals surface area contributed by atoms with Gasteiger partial charge in [0.15, 0.2) is 0 Å². The molecule has 1 aliphatic rings. The normalized spacial score (nSPS) is 18.9. The van der Waals surface area contributed by atoms with Crippen LogP contribution >= 0.6 is 38.9 Å². The largest absolute Gasteiger partial charge is 0.308 e. The van der Waals surface area contributed by atoms with Gasteiger partial charge in [0, 0.05) is 21.7 Å². The smallest absolute Gasteiger partial charge is 0.245 e. The number of thiophene rings is 1. The number of carbonyl (C=O) groups excluding carboxylic acids is 1. The van der Waals surface area contributed by atoms with E-state index in [-0.39, 0.29) is 23.5 Å². The van der Waals surface area contributed by atoms with Gasteiger partial charge in [0.05, 0.1) is 10.0 Å². The molecule has 28 heavy (non-hydrogen) atoms. The zero-order valence-electron chi connectivity index (χ0n) is 14.7. The quantitative estimate of drug-likeness (QED) is 0.577. The van der Waals surface area contributed by atoms with Crippen molar-refractivity contribution in [1.29, 1.82) is 0 Å². The van der Waals surface area contributed by atoms with E-state index in [1.165, 1.54) is 34.4 Å². The van der Waals surface area contributed by atoms with Crippen LogP contribution in [0, 0.1) is 5.82 Å². The molecule has 1 unspecified atom stereocenters. The van der Waals surface area contributed by atoms with Crippen molar-refractivity contribution in [3.63, 3.8) is 0 Å². The molecule has 2 aromatic rings. The fraction of sp³-hybridized carbons (Fsp3) is 0.278. The molecular formula is C18H17BrClFN2O3S2.